The number of hydrogen-bond donors (Lipinski definition) is 0. The molecular formula is C23H27NO6. The maximum atomic E-state index is 13.3. The van der Waals surface area contributed by atoms with Crippen molar-refractivity contribution in [3.8, 4) is 28.7 Å². The number of hydrogen-bond acceptors (Lipinski definition) is 6. The summed E-state index contributed by atoms with van der Waals surface area (Å²) in [5, 5.41) is 0. The molecule has 0 N–H and O–H groups in total. The molecule has 0 saturated heterocycles. The fourth-order valence-corrected chi connectivity index (χ4v) is 3.85. The number of nitrogens with zero attached hydrogens (tertiary/aromatic N) is 1. The predicted molar refractivity (Wildman–Crippen MR) is 111 cm³/mol. The number of amides is 1. The standard InChI is InChI=1S/C23H27NO6/c1-4-27-18-10-15-6-7-24(14-17(15)13-19(18)28-5-2)23(25)16-11-20(26-3)22-21(12-16)29-8-9-30-22/h10-13H,4-9,14H2,1-3H3. The second-order valence-corrected chi connectivity index (χ2v) is 7.11. The van der Waals surface area contributed by atoms with E-state index in [1.165, 1.54) is 5.56 Å². The van der Waals surface area contributed by atoms with Gasteiger partial charge in [-0.25, -0.2) is 0 Å². The third-order valence-electron chi connectivity index (χ3n) is 5.24. The van der Waals surface area contributed by atoms with E-state index in [9.17, 15) is 4.79 Å². The molecule has 0 atom stereocenters. The third kappa shape index (κ3) is 3.84. The topological polar surface area (TPSA) is 66.5 Å². The average Bonchev–Trinajstić information content (AvgIpc) is 2.78. The molecule has 0 aromatic heterocycles. The van der Waals surface area contributed by atoms with E-state index in [2.05, 4.69) is 0 Å². The van der Waals surface area contributed by atoms with Gasteiger partial charge in [-0.1, -0.05) is 0 Å². The first-order chi connectivity index (χ1) is 14.6. The molecule has 1 amide bonds. The molecule has 2 aromatic carbocycles. The van der Waals surface area contributed by atoms with Gasteiger partial charge in [0, 0.05) is 18.7 Å². The minimum Gasteiger partial charge on any atom is -0.493 e. The monoisotopic (exact) mass is 413 g/mol. The molecule has 0 aliphatic carbocycles. The number of fused-ring (bicyclic) bond motifs is 2. The zero-order chi connectivity index (χ0) is 21.1. The fraction of sp³-hybridized carbons (Fsp3) is 0.435. The lowest BCUT2D eigenvalue weighted by Crippen LogP contribution is -2.36. The molecule has 7 heteroatoms. The lowest BCUT2D eigenvalue weighted by molar-refractivity contribution is 0.0732. The van der Waals surface area contributed by atoms with Crippen LogP contribution in [0.25, 0.3) is 0 Å². The van der Waals surface area contributed by atoms with Crippen LogP contribution < -0.4 is 23.7 Å². The van der Waals surface area contributed by atoms with Crippen LogP contribution in [-0.2, 0) is 13.0 Å². The number of rotatable bonds is 6. The zero-order valence-electron chi connectivity index (χ0n) is 17.7. The lowest BCUT2D eigenvalue weighted by atomic mass is 9.98. The zero-order valence-corrected chi connectivity index (χ0v) is 17.7. The molecule has 0 bridgehead atoms. The summed E-state index contributed by atoms with van der Waals surface area (Å²) in [6.07, 6.45) is 0.759. The minimum absolute atomic E-state index is 0.0669. The number of carbonyl (C=O) groups is 1. The summed E-state index contributed by atoms with van der Waals surface area (Å²) in [6, 6.07) is 7.49. The number of carbonyl (C=O) groups excluding carboxylic acids is 1. The molecule has 0 spiro atoms. The van der Waals surface area contributed by atoms with Crippen molar-refractivity contribution in [3.63, 3.8) is 0 Å². The number of ether oxygens (including phenoxy) is 5. The van der Waals surface area contributed by atoms with Crippen molar-refractivity contribution < 1.29 is 28.5 Å². The number of methoxy groups -OCH3 is 1. The highest BCUT2D eigenvalue weighted by Crippen LogP contribution is 2.41. The van der Waals surface area contributed by atoms with E-state index >= 15 is 0 Å². The summed E-state index contributed by atoms with van der Waals surface area (Å²) in [4.78, 5) is 15.1. The fourth-order valence-electron chi connectivity index (χ4n) is 3.85. The Morgan fingerprint density at radius 2 is 1.67 bits per heavy atom. The molecule has 4 rings (SSSR count). The maximum Gasteiger partial charge on any atom is 0.254 e. The van der Waals surface area contributed by atoms with Crippen molar-refractivity contribution in [1.82, 2.24) is 4.90 Å². The summed E-state index contributed by atoms with van der Waals surface area (Å²) in [7, 11) is 1.56. The average molecular weight is 413 g/mol. The van der Waals surface area contributed by atoms with Crippen LogP contribution in [0.15, 0.2) is 24.3 Å². The van der Waals surface area contributed by atoms with Gasteiger partial charge < -0.3 is 28.6 Å². The smallest absolute Gasteiger partial charge is 0.254 e. The van der Waals surface area contributed by atoms with E-state index in [0.29, 0.717) is 68.1 Å². The van der Waals surface area contributed by atoms with Crippen molar-refractivity contribution >= 4 is 5.91 Å². The van der Waals surface area contributed by atoms with Crippen LogP contribution in [0.2, 0.25) is 0 Å². The van der Waals surface area contributed by atoms with Gasteiger partial charge in [0.1, 0.15) is 13.2 Å². The molecule has 160 valence electrons. The van der Waals surface area contributed by atoms with E-state index in [-0.39, 0.29) is 5.91 Å². The minimum atomic E-state index is -0.0669. The Bertz CT molecular complexity index is 925. The van der Waals surface area contributed by atoms with Gasteiger partial charge in [-0.2, -0.15) is 0 Å². The summed E-state index contributed by atoms with van der Waals surface area (Å²) < 4.78 is 28.2. The van der Waals surface area contributed by atoms with Crippen LogP contribution in [0.1, 0.15) is 35.3 Å². The van der Waals surface area contributed by atoms with Crippen LogP contribution in [0.3, 0.4) is 0 Å². The Kier molecular flexibility index (Phi) is 5.88. The van der Waals surface area contributed by atoms with Gasteiger partial charge >= 0.3 is 0 Å². The van der Waals surface area contributed by atoms with Crippen molar-refractivity contribution in [3.05, 3.63) is 41.0 Å². The molecule has 0 fully saturated rings. The Hall–Kier alpha value is -3.09. The number of benzene rings is 2. The Labute approximate surface area is 176 Å². The highest BCUT2D eigenvalue weighted by molar-refractivity contribution is 5.96. The molecule has 2 aromatic rings. The Balaban J connectivity index is 1.60. The first-order valence-electron chi connectivity index (χ1n) is 10.3. The van der Waals surface area contributed by atoms with Gasteiger partial charge in [-0.05, 0) is 55.7 Å². The molecule has 0 unspecified atom stereocenters. The molecule has 7 nitrogen and oxygen atoms in total. The van der Waals surface area contributed by atoms with Crippen LogP contribution >= 0.6 is 0 Å². The largest absolute Gasteiger partial charge is 0.493 e. The van der Waals surface area contributed by atoms with Crippen molar-refractivity contribution in [2.24, 2.45) is 0 Å². The lowest BCUT2D eigenvalue weighted by Gasteiger charge is -2.30. The van der Waals surface area contributed by atoms with Crippen LogP contribution in [-0.4, -0.2) is 50.9 Å². The first kappa shape index (κ1) is 20.2. The highest BCUT2D eigenvalue weighted by Gasteiger charge is 2.27. The predicted octanol–water partition coefficient (Wildman–Crippen LogP) is 3.46. The normalized spacial score (nSPS) is 14.7. The Morgan fingerprint density at radius 1 is 0.967 bits per heavy atom. The van der Waals surface area contributed by atoms with Gasteiger partial charge in [-0.15, -0.1) is 0 Å². The van der Waals surface area contributed by atoms with E-state index in [4.69, 9.17) is 23.7 Å². The second kappa shape index (κ2) is 8.73. The second-order valence-electron chi connectivity index (χ2n) is 7.11. The highest BCUT2D eigenvalue weighted by atomic mass is 16.6. The molecule has 30 heavy (non-hydrogen) atoms. The van der Waals surface area contributed by atoms with Gasteiger partial charge in [0.15, 0.2) is 23.0 Å². The first-order valence-corrected chi connectivity index (χ1v) is 10.3. The van der Waals surface area contributed by atoms with Crippen LogP contribution in [0.4, 0.5) is 0 Å². The summed E-state index contributed by atoms with van der Waals surface area (Å²) >= 11 is 0. The van der Waals surface area contributed by atoms with Gasteiger partial charge in [0.05, 0.1) is 20.3 Å². The maximum absolute atomic E-state index is 13.3. The molecule has 0 saturated carbocycles. The molecule has 2 heterocycles. The SMILES string of the molecule is CCOc1cc2c(cc1OCC)CN(C(=O)c1cc(OC)c3c(c1)OCCO3)CC2. The van der Waals surface area contributed by atoms with Gasteiger partial charge in [-0.3, -0.25) is 4.79 Å². The van der Waals surface area contributed by atoms with Gasteiger partial charge in [0.25, 0.3) is 5.91 Å². The van der Waals surface area contributed by atoms with Crippen molar-refractivity contribution in [2.45, 2.75) is 26.8 Å². The summed E-state index contributed by atoms with van der Waals surface area (Å²) in [6.45, 7) is 7.09. The summed E-state index contributed by atoms with van der Waals surface area (Å²) in [5.74, 6) is 3.01. The van der Waals surface area contributed by atoms with Crippen LogP contribution in [0, 0.1) is 0 Å². The van der Waals surface area contributed by atoms with E-state index in [1.807, 2.05) is 30.9 Å². The van der Waals surface area contributed by atoms with Crippen LogP contribution in [0.5, 0.6) is 28.7 Å². The van der Waals surface area contributed by atoms with E-state index < -0.39 is 0 Å². The molecule has 0 radical (unpaired) electrons. The van der Waals surface area contributed by atoms with E-state index in [0.717, 1.165) is 17.7 Å². The quantitative estimate of drug-likeness (QED) is 0.723. The van der Waals surface area contributed by atoms with Crippen molar-refractivity contribution in [2.75, 3.05) is 40.1 Å². The molecule has 2 aliphatic heterocycles. The van der Waals surface area contributed by atoms with Crippen molar-refractivity contribution in [1.29, 1.82) is 0 Å². The summed E-state index contributed by atoms with van der Waals surface area (Å²) in [5.41, 5.74) is 2.78. The van der Waals surface area contributed by atoms with Gasteiger partial charge in [0.2, 0.25) is 5.75 Å². The molecular weight excluding hydrogens is 386 g/mol. The third-order valence-corrected chi connectivity index (χ3v) is 5.24. The Morgan fingerprint density at radius 3 is 2.37 bits per heavy atom. The molecule has 2 aliphatic rings. The van der Waals surface area contributed by atoms with E-state index in [1.54, 1.807) is 19.2 Å².